The quantitative estimate of drug-likeness (QED) is 0.827. The highest BCUT2D eigenvalue weighted by molar-refractivity contribution is 9.10. The maximum atomic E-state index is 5.05. The van der Waals surface area contributed by atoms with Crippen molar-refractivity contribution in [2.45, 2.75) is 13.2 Å². The maximum absolute atomic E-state index is 5.05. The van der Waals surface area contributed by atoms with Gasteiger partial charge >= 0.3 is 0 Å². The zero-order chi connectivity index (χ0) is 11.3. The van der Waals surface area contributed by atoms with E-state index in [0.717, 1.165) is 10.3 Å². The van der Waals surface area contributed by atoms with E-state index in [1.807, 2.05) is 6.92 Å². The molecule has 0 radical (unpaired) electrons. The summed E-state index contributed by atoms with van der Waals surface area (Å²) in [4.78, 5) is 8.28. The van der Waals surface area contributed by atoms with Crippen LogP contribution >= 0.6 is 15.9 Å². The van der Waals surface area contributed by atoms with Crippen LogP contribution in [0.4, 0.5) is 5.82 Å². The first kappa shape index (κ1) is 12.4. The topological polar surface area (TPSA) is 56.3 Å². The van der Waals surface area contributed by atoms with Crippen molar-refractivity contribution < 1.29 is 9.47 Å². The van der Waals surface area contributed by atoms with Crippen LogP contribution in [0, 0.1) is 6.92 Å². The summed E-state index contributed by atoms with van der Waals surface area (Å²) < 4.78 is 10.9. The number of nitrogens with zero attached hydrogens (tertiary/aromatic N) is 2. The number of rotatable bonds is 5. The van der Waals surface area contributed by atoms with Gasteiger partial charge in [-0.15, -0.1) is 0 Å². The van der Waals surface area contributed by atoms with Crippen LogP contribution in [0.2, 0.25) is 0 Å². The summed E-state index contributed by atoms with van der Waals surface area (Å²) in [6.07, 6.45) is 1.42. The normalized spacial score (nSPS) is 10.7. The van der Waals surface area contributed by atoms with Crippen LogP contribution in [0.1, 0.15) is 5.82 Å². The number of halogens is 1. The highest BCUT2D eigenvalue weighted by atomic mass is 79.9. The minimum atomic E-state index is -0.285. The fraction of sp³-hybridized carbons (Fsp3) is 0.556. The molecular formula is C9H14BrN3O2. The average Bonchev–Trinajstić information content (AvgIpc) is 2.24. The van der Waals surface area contributed by atoms with Gasteiger partial charge in [0.05, 0.1) is 11.0 Å². The first-order valence-corrected chi connectivity index (χ1v) is 5.25. The van der Waals surface area contributed by atoms with Gasteiger partial charge in [0.25, 0.3) is 0 Å². The van der Waals surface area contributed by atoms with Crippen LogP contribution in [0.25, 0.3) is 0 Å². The predicted molar refractivity (Wildman–Crippen MR) is 60.8 cm³/mol. The Morgan fingerprint density at radius 3 is 2.73 bits per heavy atom. The molecule has 5 nitrogen and oxygen atoms in total. The van der Waals surface area contributed by atoms with Crippen molar-refractivity contribution in [1.82, 2.24) is 9.97 Å². The van der Waals surface area contributed by atoms with Crippen molar-refractivity contribution in [3.63, 3.8) is 0 Å². The van der Waals surface area contributed by atoms with Gasteiger partial charge in [0.1, 0.15) is 11.6 Å². The van der Waals surface area contributed by atoms with Gasteiger partial charge in [0, 0.05) is 20.4 Å². The van der Waals surface area contributed by atoms with Gasteiger partial charge in [-0.2, -0.15) is 0 Å². The number of aryl methyl sites for hydroxylation is 1. The van der Waals surface area contributed by atoms with E-state index in [4.69, 9.17) is 9.47 Å². The molecule has 0 saturated carbocycles. The van der Waals surface area contributed by atoms with E-state index < -0.39 is 0 Å². The Morgan fingerprint density at radius 1 is 1.47 bits per heavy atom. The molecule has 0 aliphatic rings. The van der Waals surface area contributed by atoms with Gasteiger partial charge in [-0.3, -0.25) is 0 Å². The molecule has 15 heavy (non-hydrogen) atoms. The molecule has 6 heteroatoms. The minimum Gasteiger partial charge on any atom is -0.364 e. The summed E-state index contributed by atoms with van der Waals surface area (Å²) in [5.41, 5.74) is 0. The van der Waals surface area contributed by atoms with Crippen molar-refractivity contribution >= 4 is 21.7 Å². The van der Waals surface area contributed by atoms with Gasteiger partial charge in [0.15, 0.2) is 6.29 Å². The molecule has 0 aromatic carbocycles. The van der Waals surface area contributed by atoms with Crippen LogP contribution < -0.4 is 5.32 Å². The van der Waals surface area contributed by atoms with Crippen molar-refractivity contribution in [3.05, 3.63) is 16.5 Å². The fourth-order valence-corrected chi connectivity index (χ4v) is 1.35. The van der Waals surface area contributed by atoms with Gasteiger partial charge < -0.3 is 14.8 Å². The zero-order valence-corrected chi connectivity index (χ0v) is 10.5. The second-order valence-corrected chi connectivity index (χ2v) is 3.75. The molecule has 0 spiro atoms. The van der Waals surface area contributed by atoms with Gasteiger partial charge in [-0.05, 0) is 22.9 Å². The van der Waals surface area contributed by atoms with Crippen molar-refractivity contribution in [3.8, 4) is 0 Å². The maximum Gasteiger partial charge on any atom is 0.173 e. The third-order valence-electron chi connectivity index (χ3n) is 1.83. The third kappa shape index (κ3) is 3.73. The Balaban J connectivity index is 2.60. The molecule has 1 aromatic rings. The SMILES string of the molecule is COC(CNc1nc(C)ncc1Br)OC. The lowest BCUT2D eigenvalue weighted by Gasteiger charge is -2.15. The highest BCUT2D eigenvalue weighted by Gasteiger charge is 2.07. The summed E-state index contributed by atoms with van der Waals surface area (Å²) in [7, 11) is 3.19. The predicted octanol–water partition coefficient (Wildman–Crippen LogP) is 1.58. The lowest BCUT2D eigenvalue weighted by molar-refractivity contribution is -0.0914. The van der Waals surface area contributed by atoms with E-state index in [-0.39, 0.29) is 6.29 Å². The molecule has 0 bridgehead atoms. The monoisotopic (exact) mass is 275 g/mol. The van der Waals surface area contributed by atoms with E-state index in [9.17, 15) is 0 Å². The molecule has 0 aliphatic carbocycles. The second kappa shape index (κ2) is 5.99. The van der Waals surface area contributed by atoms with Gasteiger partial charge in [-0.1, -0.05) is 0 Å². The number of ether oxygens (including phenoxy) is 2. The summed E-state index contributed by atoms with van der Waals surface area (Å²) in [6.45, 7) is 2.36. The van der Waals surface area contributed by atoms with Crippen LogP contribution in [0.15, 0.2) is 10.7 Å². The molecule has 1 aromatic heterocycles. The molecule has 1 rings (SSSR count). The number of hydrogen-bond acceptors (Lipinski definition) is 5. The smallest absolute Gasteiger partial charge is 0.173 e. The number of hydrogen-bond donors (Lipinski definition) is 1. The second-order valence-electron chi connectivity index (χ2n) is 2.90. The van der Waals surface area contributed by atoms with Crippen LogP contribution in [-0.4, -0.2) is 37.0 Å². The Bertz CT molecular complexity index is 318. The Morgan fingerprint density at radius 2 is 2.13 bits per heavy atom. The molecule has 0 aliphatic heterocycles. The molecule has 1 N–H and O–H groups in total. The average molecular weight is 276 g/mol. The molecule has 0 saturated heterocycles. The number of methoxy groups -OCH3 is 2. The summed E-state index contributed by atoms with van der Waals surface area (Å²) >= 11 is 3.36. The first-order valence-electron chi connectivity index (χ1n) is 4.46. The molecule has 0 atom stereocenters. The molecule has 0 amide bonds. The molecule has 1 heterocycles. The summed E-state index contributed by atoms with van der Waals surface area (Å²) in [5, 5.41) is 3.11. The first-order chi connectivity index (χ1) is 7.17. The highest BCUT2D eigenvalue weighted by Crippen LogP contribution is 2.18. The number of nitrogens with one attached hydrogen (secondary N) is 1. The number of aromatic nitrogens is 2. The fourth-order valence-electron chi connectivity index (χ4n) is 1.02. The molecular weight excluding hydrogens is 262 g/mol. The Labute approximate surface area is 97.3 Å². The van der Waals surface area contributed by atoms with Crippen molar-refractivity contribution in [1.29, 1.82) is 0 Å². The van der Waals surface area contributed by atoms with Crippen LogP contribution in [0.5, 0.6) is 0 Å². The van der Waals surface area contributed by atoms with E-state index in [0.29, 0.717) is 12.4 Å². The van der Waals surface area contributed by atoms with E-state index in [1.165, 1.54) is 0 Å². The standard InChI is InChI=1S/C9H14BrN3O2/c1-6-11-4-7(10)9(13-6)12-5-8(14-2)15-3/h4,8H,5H2,1-3H3,(H,11,12,13). The van der Waals surface area contributed by atoms with E-state index in [2.05, 4.69) is 31.2 Å². The molecule has 0 unspecified atom stereocenters. The van der Waals surface area contributed by atoms with E-state index in [1.54, 1.807) is 20.4 Å². The molecule has 84 valence electrons. The van der Waals surface area contributed by atoms with Crippen LogP contribution in [0.3, 0.4) is 0 Å². The Kier molecular flexibility index (Phi) is 4.93. The largest absolute Gasteiger partial charge is 0.364 e. The van der Waals surface area contributed by atoms with Crippen molar-refractivity contribution in [2.75, 3.05) is 26.1 Å². The third-order valence-corrected chi connectivity index (χ3v) is 2.41. The van der Waals surface area contributed by atoms with Crippen LogP contribution in [-0.2, 0) is 9.47 Å². The lowest BCUT2D eigenvalue weighted by Crippen LogP contribution is -2.24. The zero-order valence-electron chi connectivity index (χ0n) is 8.95. The van der Waals surface area contributed by atoms with E-state index >= 15 is 0 Å². The minimum absolute atomic E-state index is 0.285. The lowest BCUT2D eigenvalue weighted by atomic mass is 10.5. The van der Waals surface area contributed by atoms with Gasteiger partial charge in [-0.25, -0.2) is 9.97 Å². The number of anilines is 1. The summed E-state index contributed by atoms with van der Waals surface area (Å²) in [6, 6.07) is 0. The Hall–Kier alpha value is -0.720. The summed E-state index contributed by atoms with van der Waals surface area (Å²) in [5.74, 6) is 1.45. The van der Waals surface area contributed by atoms with Crippen molar-refractivity contribution in [2.24, 2.45) is 0 Å². The molecule has 0 fully saturated rings. The van der Waals surface area contributed by atoms with Gasteiger partial charge in [0.2, 0.25) is 0 Å².